The van der Waals surface area contributed by atoms with Crippen LogP contribution < -0.4 is 4.83 Å². The Morgan fingerprint density at radius 1 is 1.20 bits per heavy atom. The highest BCUT2D eigenvalue weighted by molar-refractivity contribution is 7.89. The van der Waals surface area contributed by atoms with Gasteiger partial charge in [-0.2, -0.15) is 18.4 Å². The summed E-state index contributed by atoms with van der Waals surface area (Å²) in [4.78, 5) is 3.44. The molecule has 2 rings (SSSR count). The summed E-state index contributed by atoms with van der Waals surface area (Å²) in [5, 5.41) is 4.15. The van der Waals surface area contributed by atoms with Crippen LogP contribution in [0.4, 0.5) is 0 Å². The average Bonchev–Trinajstić information content (AvgIpc) is 2.98. The van der Waals surface area contributed by atoms with Gasteiger partial charge in [-0.15, -0.1) is 11.3 Å². The fourth-order valence-electron chi connectivity index (χ4n) is 2.38. The molecule has 136 valence electrons. The number of nitrogens with zero attached hydrogens (tertiary/aromatic N) is 1. The van der Waals surface area contributed by atoms with E-state index in [9.17, 15) is 8.42 Å². The molecular formula is C18H23ClN2O2S2. The minimum atomic E-state index is -3.69. The van der Waals surface area contributed by atoms with Crippen molar-refractivity contribution in [1.29, 1.82) is 0 Å². The van der Waals surface area contributed by atoms with E-state index < -0.39 is 10.0 Å². The van der Waals surface area contributed by atoms with Crippen molar-refractivity contribution in [2.24, 2.45) is 11.0 Å². The van der Waals surface area contributed by atoms with Gasteiger partial charge in [-0.3, -0.25) is 0 Å². The molecule has 1 aromatic heterocycles. The second-order valence-corrected chi connectivity index (χ2v) is 9.62. The monoisotopic (exact) mass is 398 g/mol. The summed E-state index contributed by atoms with van der Waals surface area (Å²) >= 11 is 7.36. The van der Waals surface area contributed by atoms with Crippen LogP contribution in [0.3, 0.4) is 0 Å². The molecule has 2 aromatic rings. The molecule has 0 aliphatic heterocycles. The Morgan fingerprint density at radius 3 is 2.40 bits per heavy atom. The summed E-state index contributed by atoms with van der Waals surface area (Å²) in [7, 11) is -3.69. The van der Waals surface area contributed by atoms with Crippen LogP contribution in [-0.2, 0) is 16.4 Å². The molecule has 7 heteroatoms. The highest BCUT2D eigenvalue weighted by Gasteiger charge is 2.14. The highest BCUT2D eigenvalue weighted by atomic mass is 35.5. The van der Waals surface area contributed by atoms with Gasteiger partial charge in [-0.25, -0.2) is 0 Å². The van der Waals surface area contributed by atoms with E-state index in [-0.39, 0.29) is 4.90 Å². The molecule has 4 nitrogen and oxygen atoms in total. The van der Waals surface area contributed by atoms with Crippen molar-refractivity contribution in [3.63, 3.8) is 0 Å². The molecule has 25 heavy (non-hydrogen) atoms. The Bertz CT molecular complexity index is 825. The lowest BCUT2D eigenvalue weighted by Crippen LogP contribution is -2.20. The van der Waals surface area contributed by atoms with Crippen LogP contribution in [0.5, 0.6) is 0 Å². The summed E-state index contributed by atoms with van der Waals surface area (Å²) in [5.41, 5.74) is 1.82. The lowest BCUT2D eigenvalue weighted by atomic mass is 10.0. The van der Waals surface area contributed by atoms with E-state index in [0.29, 0.717) is 22.4 Å². The third kappa shape index (κ3) is 5.83. The van der Waals surface area contributed by atoms with Crippen molar-refractivity contribution in [2.45, 2.75) is 44.9 Å². The number of sulfonamides is 1. The first-order valence-electron chi connectivity index (χ1n) is 8.25. The fourth-order valence-corrected chi connectivity index (χ4v) is 4.27. The quantitative estimate of drug-likeness (QED) is 0.497. The van der Waals surface area contributed by atoms with Gasteiger partial charge in [0.1, 0.15) is 0 Å². The Hall–Kier alpha value is -1.37. The number of thiophene rings is 1. The summed E-state index contributed by atoms with van der Waals surface area (Å²) in [6, 6.07) is 10.6. The van der Waals surface area contributed by atoms with Crippen molar-refractivity contribution in [3.8, 4) is 0 Å². The van der Waals surface area contributed by atoms with Crippen LogP contribution in [0, 0.1) is 5.92 Å². The summed E-state index contributed by atoms with van der Waals surface area (Å²) in [6.07, 6.45) is 2.46. The first kappa shape index (κ1) is 19.9. The van der Waals surface area contributed by atoms with Crippen LogP contribution in [0.15, 0.2) is 46.4 Å². The summed E-state index contributed by atoms with van der Waals surface area (Å²) in [6.45, 7) is 6.28. The van der Waals surface area contributed by atoms with Crippen LogP contribution in [0.2, 0.25) is 4.34 Å². The lowest BCUT2D eigenvalue weighted by Gasteiger charge is -2.08. The van der Waals surface area contributed by atoms with Crippen molar-refractivity contribution < 1.29 is 8.42 Å². The molecule has 0 spiro atoms. The molecule has 0 amide bonds. The molecule has 0 saturated heterocycles. The molecule has 0 saturated carbocycles. The number of halogens is 1. The number of hydrogen-bond acceptors (Lipinski definition) is 4. The number of hydrazone groups is 1. The Morgan fingerprint density at radius 2 is 1.88 bits per heavy atom. The first-order chi connectivity index (χ1) is 11.8. The molecule has 0 atom stereocenters. The molecule has 0 aliphatic carbocycles. The maximum Gasteiger partial charge on any atom is 0.276 e. The predicted molar refractivity (Wildman–Crippen MR) is 106 cm³/mol. The van der Waals surface area contributed by atoms with Crippen molar-refractivity contribution in [2.75, 3.05) is 0 Å². The normalized spacial score (nSPS) is 12.6. The summed E-state index contributed by atoms with van der Waals surface area (Å²) < 4.78 is 25.6. The van der Waals surface area contributed by atoms with Gasteiger partial charge in [0, 0.05) is 0 Å². The van der Waals surface area contributed by atoms with Gasteiger partial charge in [0.15, 0.2) is 0 Å². The standard InChI is InChI=1S/C18H23ClN2O2S2/c1-4-5-16(17-10-11-18(19)24-17)20-21-25(22,23)15-8-6-14(7-9-15)12-13(2)3/h6-11,13,21H,4-5,12H2,1-3H3/b20-16+. The third-order valence-corrected chi connectivity index (χ3v) is 6.03. The second-order valence-electron chi connectivity index (χ2n) is 6.25. The van der Waals surface area contributed by atoms with Crippen LogP contribution in [0.1, 0.15) is 44.1 Å². The number of nitrogens with one attached hydrogen (secondary N) is 1. The van der Waals surface area contributed by atoms with E-state index in [1.165, 1.54) is 11.3 Å². The Labute approximate surface area is 159 Å². The maximum atomic E-state index is 12.5. The number of benzene rings is 1. The van der Waals surface area contributed by atoms with Crippen molar-refractivity contribution in [1.82, 2.24) is 4.83 Å². The largest absolute Gasteiger partial charge is 0.276 e. The minimum absolute atomic E-state index is 0.212. The van der Waals surface area contributed by atoms with E-state index >= 15 is 0 Å². The van der Waals surface area contributed by atoms with Gasteiger partial charge in [-0.1, -0.05) is 50.9 Å². The maximum absolute atomic E-state index is 12.5. The van der Waals surface area contributed by atoms with Gasteiger partial charge in [-0.05, 0) is 48.6 Å². The Balaban J connectivity index is 2.18. The molecule has 0 radical (unpaired) electrons. The molecule has 1 heterocycles. The van der Waals surface area contributed by atoms with Crippen molar-refractivity contribution in [3.05, 3.63) is 51.2 Å². The average molecular weight is 399 g/mol. The molecule has 0 bridgehead atoms. The molecule has 0 fully saturated rings. The summed E-state index contributed by atoms with van der Waals surface area (Å²) in [5.74, 6) is 0.527. The molecule has 0 aliphatic rings. The Kier molecular flexibility index (Phi) is 7.04. The zero-order chi connectivity index (χ0) is 18.4. The van der Waals surface area contributed by atoms with Gasteiger partial charge < -0.3 is 0 Å². The zero-order valence-corrected chi connectivity index (χ0v) is 17.0. The van der Waals surface area contributed by atoms with Crippen LogP contribution in [0.25, 0.3) is 0 Å². The van der Waals surface area contributed by atoms with E-state index in [1.807, 2.05) is 25.1 Å². The first-order valence-corrected chi connectivity index (χ1v) is 10.9. The zero-order valence-electron chi connectivity index (χ0n) is 14.6. The fraction of sp³-hybridized carbons (Fsp3) is 0.389. The molecule has 0 unspecified atom stereocenters. The highest BCUT2D eigenvalue weighted by Crippen LogP contribution is 2.23. The topological polar surface area (TPSA) is 58.5 Å². The van der Waals surface area contributed by atoms with E-state index in [4.69, 9.17) is 11.6 Å². The van der Waals surface area contributed by atoms with Crippen molar-refractivity contribution >= 4 is 38.7 Å². The van der Waals surface area contributed by atoms with Gasteiger partial charge in [0.05, 0.1) is 19.8 Å². The van der Waals surface area contributed by atoms with Gasteiger partial charge >= 0.3 is 0 Å². The number of hydrogen-bond donors (Lipinski definition) is 1. The van der Waals surface area contributed by atoms with E-state index in [1.54, 1.807) is 18.2 Å². The van der Waals surface area contributed by atoms with Crippen LogP contribution >= 0.6 is 22.9 Å². The second kappa shape index (κ2) is 8.83. The number of rotatable bonds is 8. The molecule has 1 aromatic carbocycles. The lowest BCUT2D eigenvalue weighted by molar-refractivity contribution is 0.584. The van der Waals surface area contributed by atoms with Gasteiger partial charge in [0.25, 0.3) is 10.0 Å². The van der Waals surface area contributed by atoms with E-state index in [0.717, 1.165) is 23.3 Å². The smallest absolute Gasteiger partial charge is 0.200 e. The SMILES string of the molecule is CCC/C(=N\NS(=O)(=O)c1ccc(CC(C)C)cc1)c1ccc(Cl)s1. The van der Waals surface area contributed by atoms with Gasteiger partial charge in [0.2, 0.25) is 0 Å². The third-order valence-electron chi connectivity index (χ3n) is 3.52. The van der Waals surface area contributed by atoms with E-state index in [2.05, 4.69) is 23.8 Å². The minimum Gasteiger partial charge on any atom is -0.200 e. The molecule has 1 N–H and O–H groups in total. The van der Waals surface area contributed by atoms with Crippen LogP contribution in [-0.4, -0.2) is 14.1 Å². The predicted octanol–water partition coefficient (Wildman–Crippen LogP) is 5.08. The molecular weight excluding hydrogens is 376 g/mol.